The van der Waals surface area contributed by atoms with E-state index in [0.717, 1.165) is 55.6 Å². The summed E-state index contributed by atoms with van der Waals surface area (Å²) in [4.78, 5) is 11.8. The molecule has 0 spiro atoms. The Morgan fingerprint density at radius 3 is 2.26 bits per heavy atom. The van der Waals surface area contributed by atoms with Gasteiger partial charge in [-0.15, -0.1) is 0 Å². The van der Waals surface area contributed by atoms with E-state index in [4.69, 9.17) is 9.47 Å². The van der Waals surface area contributed by atoms with E-state index in [1.807, 2.05) is 6.07 Å². The maximum atomic E-state index is 15.0. The highest BCUT2D eigenvalue weighted by atomic mass is 19.1. The van der Waals surface area contributed by atoms with Crippen LogP contribution in [0.5, 0.6) is 5.75 Å². The van der Waals surface area contributed by atoms with Crippen molar-refractivity contribution in [2.75, 3.05) is 6.61 Å². The smallest absolute Gasteiger partial charge is 0.434 e. The molecular formula is C30H41FO3. The number of halogens is 1. The van der Waals surface area contributed by atoms with Crippen LogP contribution in [0.4, 0.5) is 9.18 Å². The van der Waals surface area contributed by atoms with Crippen LogP contribution in [0.25, 0.3) is 11.1 Å². The minimum atomic E-state index is -0.695. The second-order valence-corrected chi connectivity index (χ2v) is 9.74. The van der Waals surface area contributed by atoms with Gasteiger partial charge < -0.3 is 9.47 Å². The molecule has 1 fully saturated rings. The van der Waals surface area contributed by atoms with Gasteiger partial charge in [-0.2, -0.15) is 0 Å². The lowest BCUT2D eigenvalue weighted by Gasteiger charge is -2.29. The Hall–Kier alpha value is -2.36. The van der Waals surface area contributed by atoms with E-state index in [2.05, 4.69) is 19.9 Å². The van der Waals surface area contributed by atoms with Crippen molar-refractivity contribution in [2.24, 2.45) is 5.92 Å². The van der Waals surface area contributed by atoms with Crippen LogP contribution >= 0.6 is 0 Å². The Bertz CT molecular complexity index is 869. The van der Waals surface area contributed by atoms with Gasteiger partial charge in [-0.3, -0.25) is 0 Å². The molecule has 4 heteroatoms. The topological polar surface area (TPSA) is 35.5 Å². The van der Waals surface area contributed by atoms with Gasteiger partial charge in [0.1, 0.15) is 11.6 Å². The van der Waals surface area contributed by atoms with Crippen LogP contribution in [-0.2, 0) is 4.74 Å². The van der Waals surface area contributed by atoms with E-state index in [1.54, 1.807) is 30.3 Å². The predicted octanol–water partition coefficient (Wildman–Crippen LogP) is 9.44. The molecule has 3 rings (SSSR count). The van der Waals surface area contributed by atoms with Crippen LogP contribution in [0.3, 0.4) is 0 Å². The summed E-state index contributed by atoms with van der Waals surface area (Å²) in [6.07, 6.45) is 13.6. The first-order valence-corrected chi connectivity index (χ1v) is 13.3. The van der Waals surface area contributed by atoms with E-state index < -0.39 is 6.16 Å². The van der Waals surface area contributed by atoms with Crippen molar-refractivity contribution >= 4 is 6.16 Å². The standard InChI is InChI=1S/C30H41FO3/c1-3-5-7-9-21-33-30(32)34-27-18-15-25(16-19-27)28-20-17-26(22-29(28)31)24-13-11-23(12-14-24)10-8-6-4-2/h15-20,22-24H,3-14,21H2,1-2H3. The molecule has 1 aliphatic rings. The average Bonchev–Trinajstić information content (AvgIpc) is 2.85. The van der Waals surface area contributed by atoms with Gasteiger partial charge in [-0.1, -0.05) is 83.1 Å². The average molecular weight is 469 g/mol. The molecule has 0 atom stereocenters. The Morgan fingerprint density at radius 1 is 0.882 bits per heavy atom. The summed E-state index contributed by atoms with van der Waals surface area (Å²) in [5.41, 5.74) is 2.46. The summed E-state index contributed by atoms with van der Waals surface area (Å²) < 4.78 is 25.3. The summed E-state index contributed by atoms with van der Waals surface area (Å²) in [7, 11) is 0. The summed E-state index contributed by atoms with van der Waals surface area (Å²) in [6.45, 7) is 4.76. The quantitative estimate of drug-likeness (QED) is 0.177. The number of rotatable bonds is 12. The lowest BCUT2D eigenvalue weighted by atomic mass is 9.77. The third kappa shape index (κ3) is 8.14. The fourth-order valence-corrected chi connectivity index (χ4v) is 5.00. The molecule has 0 N–H and O–H groups in total. The van der Waals surface area contributed by atoms with Crippen molar-refractivity contribution in [3.63, 3.8) is 0 Å². The molecule has 0 aliphatic heterocycles. The minimum absolute atomic E-state index is 0.192. The van der Waals surface area contributed by atoms with Crippen molar-refractivity contribution in [3.8, 4) is 16.9 Å². The van der Waals surface area contributed by atoms with Crippen molar-refractivity contribution in [1.82, 2.24) is 0 Å². The second kappa shape index (κ2) is 14.1. The van der Waals surface area contributed by atoms with Gasteiger partial charge in [-0.05, 0) is 73.3 Å². The van der Waals surface area contributed by atoms with Gasteiger partial charge >= 0.3 is 6.16 Å². The Balaban J connectivity index is 1.50. The monoisotopic (exact) mass is 468 g/mol. The molecule has 0 radical (unpaired) electrons. The van der Waals surface area contributed by atoms with Crippen LogP contribution in [0.2, 0.25) is 0 Å². The number of ether oxygens (including phenoxy) is 2. The molecule has 0 aromatic heterocycles. The molecule has 0 heterocycles. The molecule has 34 heavy (non-hydrogen) atoms. The zero-order chi connectivity index (χ0) is 24.2. The van der Waals surface area contributed by atoms with E-state index in [-0.39, 0.29) is 5.82 Å². The summed E-state index contributed by atoms with van der Waals surface area (Å²) in [6, 6.07) is 12.6. The molecule has 1 aliphatic carbocycles. The zero-order valence-corrected chi connectivity index (χ0v) is 21.0. The van der Waals surface area contributed by atoms with Crippen LogP contribution < -0.4 is 4.74 Å². The third-order valence-electron chi connectivity index (χ3n) is 7.11. The fraction of sp³-hybridized carbons (Fsp3) is 0.567. The van der Waals surface area contributed by atoms with Gasteiger partial charge in [0.05, 0.1) is 6.61 Å². The highest BCUT2D eigenvalue weighted by molar-refractivity contribution is 5.67. The summed E-state index contributed by atoms with van der Waals surface area (Å²) in [5.74, 6) is 1.53. The molecule has 0 amide bonds. The Labute approximate surface area is 205 Å². The van der Waals surface area contributed by atoms with Crippen LogP contribution in [0, 0.1) is 11.7 Å². The maximum absolute atomic E-state index is 15.0. The molecule has 1 saturated carbocycles. The van der Waals surface area contributed by atoms with Gasteiger partial charge in [0, 0.05) is 5.56 Å². The molecule has 2 aromatic carbocycles. The lowest BCUT2D eigenvalue weighted by Crippen LogP contribution is -2.13. The minimum Gasteiger partial charge on any atom is -0.434 e. The molecule has 186 valence electrons. The van der Waals surface area contributed by atoms with E-state index in [9.17, 15) is 4.79 Å². The number of carbonyl (C=O) groups excluding carboxylic acids is 1. The van der Waals surface area contributed by atoms with Gasteiger partial charge in [0.15, 0.2) is 0 Å². The van der Waals surface area contributed by atoms with Crippen molar-refractivity contribution in [3.05, 3.63) is 53.8 Å². The first kappa shape index (κ1) is 26.2. The number of unbranched alkanes of at least 4 members (excludes halogenated alkanes) is 5. The Morgan fingerprint density at radius 2 is 1.59 bits per heavy atom. The molecule has 0 unspecified atom stereocenters. The highest BCUT2D eigenvalue weighted by Crippen LogP contribution is 2.39. The lowest BCUT2D eigenvalue weighted by molar-refractivity contribution is 0.0973. The first-order chi connectivity index (χ1) is 16.6. The van der Waals surface area contributed by atoms with Gasteiger partial charge in [0.2, 0.25) is 0 Å². The molecule has 2 aromatic rings. The van der Waals surface area contributed by atoms with Crippen LogP contribution in [-0.4, -0.2) is 12.8 Å². The molecule has 0 bridgehead atoms. The normalized spacial score (nSPS) is 18.0. The van der Waals surface area contributed by atoms with E-state index >= 15 is 4.39 Å². The largest absolute Gasteiger partial charge is 0.513 e. The maximum Gasteiger partial charge on any atom is 0.513 e. The fourth-order valence-electron chi connectivity index (χ4n) is 5.00. The number of carbonyl (C=O) groups is 1. The first-order valence-electron chi connectivity index (χ1n) is 13.3. The van der Waals surface area contributed by atoms with Crippen LogP contribution in [0.1, 0.15) is 102 Å². The molecular weight excluding hydrogens is 427 g/mol. The van der Waals surface area contributed by atoms with Gasteiger partial charge in [0.25, 0.3) is 0 Å². The zero-order valence-electron chi connectivity index (χ0n) is 21.0. The predicted molar refractivity (Wildman–Crippen MR) is 137 cm³/mol. The second-order valence-electron chi connectivity index (χ2n) is 9.74. The van der Waals surface area contributed by atoms with Crippen molar-refractivity contribution in [1.29, 1.82) is 0 Å². The third-order valence-corrected chi connectivity index (χ3v) is 7.11. The Kier molecular flexibility index (Phi) is 10.9. The highest BCUT2D eigenvalue weighted by Gasteiger charge is 2.23. The van der Waals surface area contributed by atoms with E-state index in [1.165, 1.54) is 38.5 Å². The van der Waals surface area contributed by atoms with E-state index in [0.29, 0.717) is 23.8 Å². The number of benzene rings is 2. The number of hydrogen-bond acceptors (Lipinski definition) is 3. The van der Waals surface area contributed by atoms with Crippen molar-refractivity contribution in [2.45, 2.75) is 96.8 Å². The van der Waals surface area contributed by atoms with Crippen molar-refractivity contribution < 1.29 is 18.7 Å². The molecule has 0 saturated heterocycles. The number of hydrogen-bond donors (Lipinski definition) is 0. The molecule has 3 nitrogen and oxygen atoms in total. The van der Waals surface area contributed by atoms with Crippen LogP contribution in [0.15, 0.2) is 42.5 Å². The SMILES string of the molecule is CCCCCCOC(=O)Oc1ccc(-c2ccc(C3CCC(CCCCC)CC3)cc2F)cc1. The van der Waals surface area contributed by atoms with Gasteiger partial charge in [-0.25, -0.2) is 9.18 Å². The summed E-state index contributed by atoms with van der Waals surface area (Å²) >= 11 is 0. The summed E-state index contributed by atoms with van der Waals surface area (Å²) in [5, 5.41) is 0.